The van der Waals surface area contributed by atoms with Gasteiger partial charge < -0.3 is 0 Å². The van der Waals surface area contributed by atoms with Crippen molar-refractivity contribution >= 4 is 22.0 Å². The van der Waals surface area contributed by atoms with E-state index in [-0.39, 0.29) is 5.95 Å². The standard InChI is InChI=1S/C10H10N4O2S/c15-17(16,14-10-11-8-12-13-10)7-6-9-4-2-1-3-5-9/h1-8H,(H2,11,12,13,14). The van der Waals surface area contributed by atoms with Crippen LogP contribution in [0.25, 0.3) is 6.08 Å². The first-order chi connectivity index (χ1) is 8.16. The molecule has 2 rings (SSSR count). The Balaban J connectivity index is 2.10. The monoisotopic (exact) mass is 250 g/mol. The number of nitrogens with zero attached hydrogens (tertiary/aromatic N) is 2. The molecule has 0 unspecified atom stereocenters. The minimum absolute atomic E-state index is 0.0858. The Labute approximate surface area is 98.5 Å². The van der Waals surface area contributed by atoms with E-state index in [1.165, 1.54) is 12.4 Å². The van der Waals surface area contributed by atoms with E-state index < -0.39 is 10.0 Å². The molecule has 0 aliphatic rings. The van der Waals surface area contributed by atoms with Crippen LogP contribution in [0.3, 0.4) is 0 Å². The molecule has 0 spiro atoms. The maximum atomic E-state index is 11.6. The van der Waals surface area contributed by atoms with Crippen LogP contribution in [-0.2, 0) is 10.0 Å². The summed E-state index contributed by atoms with van der Waals surface area (Å²) in [6, 6.07) is 9.13. The lowest BCUT2D eigenvalue weighted by Crippen LogP contribution is -2.09. The number of aromatic amines is 1. The Morgan fingerprint density at radius 2 is 2.00 bits per heavy atom. The summed E-state index contributed by atoms with van der Waals surface area (Å²) in [6.45, 7) is 0. The average Bonchev–Trinajstić information content (AvgIpc) is 2.80. The maximum absolute atomic E-state index is 11.6. The number of hydrogen-bond acceptors (Lipinski definition) is 4. The first-order valence-corrected chi connectivity index (χ1v) is 6.32. The molecule has 0 saturated heterocycles. The second-order valence-corrected chi connectivity index (χ2v) is 4.76. The zero-order chi connectivity index (χ0) is 12.1. The van der Waals surface area contributed by atoms with Gasteiger partial charge in [0.05, 0.1) is 5.41 Å². The average molecular weight is 250 g/mol. The molecule has 2 N–H and O–H groups in total. The third-order valence-electron chi connectivity index (χ3n) is 1.89. The Morgan fingerprint density at radius 1 is 1.24 bits per heavy atom. The highest BCUT2D eigenvalue weighted by molar-refractivity contribution is 7.95. The molecular weight excluding hydrogens is 240 g/mol. The fourth-order valence-electron chi connectivity index (χ4n) is 1.16. The van der Waals surface area contributed by atoms with Crippen molar-refractivity contribution < 1.29 is 8.42 Å². The molecule has 0 amide bonds. The van der Waals surface area contributed by atoms with Crippen LogP contribution in [0.4, 0.5) is 5.95 Å². The molecule has 6 nitrogen and oxygen atoms in total. The van der Waals surface area contributed by atoms with Crippen molar-refractivity contribution in [2.24, 2.45) is 0 Å². The van der Waals surface area contributed by atoms with E-state index in [9.17, 15) is 8.42 Å². The quantitative estimate of drug-likeness (QED) is 0.854. The van der Waals surface area contributed by atoms with Crippen LogP contribution in [0, 0.1) is 0 Å². The van der Waals surface area contributed by atoms with Crippen molar-refractivity contribution in [1.29, 1.82) is 0 Å². The van der Waals surface area contributed by atoms with Crippen molar-refractivity contribution in [2.75, 3.05) is 4.72 Å². The molecule has 1 aromatic heterocycles. The number of nitrogens with one attached hydrogen (secondary N) is 2. The van der Waals surface area contributed by atoms with Gasteiger partial charge in [-0.25, -0.2) is 18.2 Å². The van der Waals surface area contributed by atoms with Gasteiger partial charge in [0.1, 0.15) is 6.33 Å². The van der Waals surface area contributed by atoms with Gasteiger partial charge >= 0.3 is 0 Å². The van der Waals surface area contributed by atoms with Gasteiger partial charge in [-0.15, -0.1) is 0 Å². The third kappa shape index (κ3) is 3.42. The van der Waals surface area contributed by atoms with Gasteiger partial charge in [-0.3, -0.25) is 0 Å². The number of aromatic nitrogens is 3. The summed E-state index contributed by atoms with van der Waals surface area (Å²) in [5.41, 5.74) is 0.801. The molecule has 0 fully saturated rings. The molecule has 2 aromatic rings. The van der Waals surface area contributed by atoms with Gasteiger partial charge in [0, 0.05) is 0 Å². The van der Waals surface area contributed by atoms with Gasteiger partial charge in [-0.05, 0) is 11.6 Å². The SMILES string of the molecule is O=S(=O)(C=Cc1ccccc1)Nc1ncn[nH]1. The molecular formula is C10H10N4O2S. The minimum Gasteiger partial charge on any atom is -0.248 e. The Hall–Kier alpha value is -2.15. The maximum Gasteiger partial charge on any atom is 0.257 e. The number of sulfonamides is 1. The van der Waals surface area contributed by atoms with Crippen LogP contribution in [-0.4, -0.2) is 23.6 Å². The van der Waals surface area contributed by atoms with E-state index >= 15 is 0 Å². The van der Waals surface area contributed by atoms with Crippen LogP contribution < -0.4 is 4.72 Å². The van der Waals surface area contributed by atoms with Crippen LogP contribution in [0.2, 0.25) is 0 Å². The highest BCUT2D eigenvalue weighted by Gasteiger charge is 2.06. The predicted octanol–water partition coefficient (Wildman–Crippen LogP) is 1.22. The largest absolute Gasteiger partial charge is 0.257 e. The summed E-state index contributed by atoms with van der Waals surface area (Å²) in [7, 11) is -3.57. The van der Waals surface area contributed by atoms with Gasteiger partial charge in [-0.1, -0.05) is 30.3 Å². The highest BCUT2D eigenvalue weighted by Crippen LogP contribution is 2.05. The summed E-state index contributed by atoms with van der Waals surface area (Å²) in [6.07, 6.45) is 2.72. The molecule has 0 radical (unpaired) electrons. The summed E-state index contributed by atoms with van der Waals surface area (Å²) in [5.74, 6) is 0.0858. The first kappa shape index (κ1) is 11.3. The lowest BCUT2D eigenvalue weighted by Gasteiger charge is -1.98. The first-order valence-electron chi connectivity index (χ1n) is 4.77. The number of hydrogen-bond donors (Lipinski definition) is 2. The lowest BCUT2D eigenvalue weighted by atomic mass is 10.2. The van der Waals surface area contributed by atoms with E-state index in [4.69, 9.17) is 0 Å². The number of anilines is 1. The number of H-pyrrole nitrogens is 1. The second kappa shape index (κ2) is 4.79. The van der Waals surface area contributed by atoms with Gasteiger partial charge in [0.2, 0.25) is 5.95 Å². The fraction of sp³-hybridized carbons (Fsp3) is 0. The van der Waals surface area contributed by atoms with Gasteiger partial charge in [0.15, 0.2) is 0 Å². The minimum atomic E-state index is -3.57. The topological polar surface area (TPSA) is 87.7 Å². The summed E-state index contributed by atoms with van der Waals surface area (Å²) < 4.78 is 25.4. The Kier molecular flexibility index (Phi) is 3.20. The molecule has 1 heterocycles. The van der Waals surface area contributed by atoms with E-state index in [1.54, 1.807) is 12.1 Å². The smallest absolute Gasteiger partial charge is 0.248 e. The normalized spacial score (nSPS) is 11.8. The molecule has 0 bridgehead atoms. The molecule has 0 aliphatic carbocycles. The molecule has 7 heteroatoms. The highest BCUT2D eigenvalue weighted by atomic mass is 32.2. The molecule has 17 heavy (non-hydrogen) atoms. The number of benzene rings is 1. The molecule has 1 aromatic carbocycles. The number of rotatable bonds is 4. The zero-order valence-electron chi connectivity index (χ0n) is 8.74. The van der Waals surface area contributed by atoms with Crippen LogP contribution >= 0.6 is 0 Å². The van der Waals surface area contributed by atoms with Crippen molar-refractivity contribution in [1.82, 2.24) is 15.2 Å². The van der Waals surface area contributed by atoms with Crippen LogP contribution in [0.5, 0.6) is 0 Å². The third-order valence-corrected chi connectivity index (χ3v) is 2.87. The molecule has 0 saturated carbocycles. The van der Waals surface area contributed by atoms with E-state index in [0.717, 1.165) is 11.0 Å². The van der Waals surface area contributed by atoms with Crippen molar-refractivity contribution in [3.63, 3.8) is 0 Å². The van der Waals surface area contributed by atoms with Crippen molar-refractivity contribution in [3.05, 3.63) is 47.6 Å². The van der Waals surface area contributed by atoms with Gasteiger partial charge in [0.25, 0.3) is 10.0 Å². The van der Waals surface area contributed by atoms with E-state index in [2.05, 4.69) is 19.9 Å². The fourth-order valence-corrected chi connectivity index (χ4v) is 1.93. The van der Waals surface area contributed by atoms with Crippen molar-refractivity contribution in [3.8, 4) is 0 Å². The second-order valence-electron chi connectivity index (χ2n) is 3.19. The lowest BCUT2D eigenvalue weighted by molar-refractivity contribution is 0.609. The molecule has 0 atom stereocenters. The predicted molar refractivity (Wildman–Crippen MR) is 64.4 cm³/mol. The summed E-state index contributed by atoms with van der Waals surface area (Å²) >= 11 is 0. The van der Waals surface area contributed by atoms with Crippen LogP contribution in [0.15, 0.2) is 42.1 Å². The summed E-state index contributed by atoms with van der Waals surface area (Å²) in [4.78, 5) is 3.67. The zero-order valence-corrected chi connectivity index (χ0v) is 9.55. The Bertz CT molecular complexity index is 591. The van der Waals surface area contributed by atoms with E-state index in [0.29, 0.717) is 0 Å². The van der Waals surface area contributed by atoms with Gasteiger partial charge in [-0.2, -0.15) is 10.1 Å². The molecule has 88 valence electrons. The van der Waals surface area contributed by atoms with E-state index in [1.807, 2.05) is 18.2 Å². The van der Waals surface area contributed by atoms with Crippen molar-refractivity contribution in [2.45, 2.75) is 0 Å². The Morgan fingerprint density at radius 3 is 2.65 bits per heavy atom. The summed E-state index contributed by atoms with van der Waals surface area (Å²) in [5, 5.41) is 7.02. The van der Waals surface area contributed by atoms with Crippen LogP contribution in [0.1, 0.15) is 5.56 Å². The molecule has 0 aliphatic heterocycles.